The monoisotopic (exact) mass is 442 g/mol. The Morgan fingerprint density at radius 2 is 2.07 bits per heavy atom. The number of nitrogen functional groups attached to an aromatic ring is 1. The zero-order valence-electron chi connectivity index (χ0n) is 15.6. The topological polar surface area (TPSA) is 88.3 Å². The van der Waals surface area contributed by atoms with Crippen LogP contribution >= 0.6 is 11.3 Å². The van der Waals surface area contributed by atoms with Crippen molar-refractivity contribution in [1.82, 2.24) is 15.2 Å². The Labute approximate surface area is 173 Å². The van der Waals surface area contributed by atoms with E-state index < -0.39 is 29.8 Å². The standard InChI is InChI=1S/C19H18F4N4O2S/c20-11-3-1-2-10(6-11)15-14(26-18(24)30-15)16(28)27-12-5-4-9(7-12)13(27)8-25-17(29)19(21,22)23/h1-3,6,9,12-13H,4-5,7-8H2,(H2,24,26)(H,25,29). The number of thiazole rings is 1. The van der Waals surface area contributed by atoms with E-state index >= 15 is 0 Å². The number of nitrogens with two attached hydrogens (primary N) is 1. The number of piperidine rings is 1. The summed E-state index contributed by atoms with van der Waals surface area (Å²) in [5, 5.41) is 2.02. The lowest BCUT2D eigenvalue weighted by atomic mass is 9.98. The molecular weight excluding hydrogens is 424 g/mol. The second-order valence-corrected chi connectivity index (χ2v) is 8.49. The predicted octanol–water partition coefficient (Wildman–Crippen LogP) is 3.20. The van der Waals surface area contributed by atoms with Crippen LogP contribution in [0.3, 0.4) is 0 Å². The summed E-state index contributed by atoms with van der Waals surface area (Å²) in [6.45, 7) is -0.292. The van der Waals surface area contributed by atoms with Crippen LogP contribution in [0.4, 0.5) is 22.7 Å². The molecule has 0 spiro atoms. The van der Waals surface area contributed by atoms with Gasteiger partial charge in [-0.05, 0) is 42.9 Å². The predicted molar refractivity (Wildman–Crippen MR) is 102 cm³/mol. The molecule has 2 fully saturated rings. The van der Waals surface area contributed by atoms with Gasteiger partial charge in [-0.3, -0.25) is 9.59 Å². The number of alkyl halides is 3. The Hall–Kier alpha value is -2.69. The average Bonchev–Trinajstić information content (AvgIpc) is 3.38. The number of nitrogens with one attached hydrogen (secondary N) is 1. The van der Waals surface area contributed by atoms with Crippen molar-refractivity contribution in [2.45, 2.75) is 37.5 Å². The first-order valence-electron chi connectivity index (χ1n) is 9.35. The fourth-order valence-corrected chi connectivity index (χ4v) is 5.22. The molecule has 2 amide bonds. The van der Waals surface area contributed by atoms with Gasteiger partial charge in [-0.15, -0.1) is 0 Å². The number of carbonyl (C=O) groups excluding carboxylic acids is 2. The molecule has 11 heteroatoms. The van der Waals surface area contributed by atoms with E-state index in [2.05, 4.69) is 4.98 Å². The van der Waals surface area contributed by atoms with Gasteiger partial charge in [-0.25, -0.2) is 9.37 Å². The normalized spacial score (nSPS) is 23.1. The molecule has 2 aromatic rings. The number of halogens is 4. The summed E-state index contributed by atoms with van der Waals surface area (Å²) in [5.74, 6) is -2.98. The van der Waals surface area contributed by atoms with Crippen LogP contribution in [-0.2, 0) is 4.79 Å². The molecule has 1 saturated carbocycles. The largest absolute Gasteiger partial charge is 0.471 e. The molecule has 160 valence electrons. The highest BCUT2D eigenvalue weighted by molar-refractivity contribution is 7.19. The van der Waals surface area contributed by atoms with Gasteiger partial charge in [0.15, 0.2) is 5.13 Å². The smallest absolute Gasteiger partial charge is 0.375 e. The number of likely N-dealkylation sites (tertiary alicyclic amines) is 1. The second-order valence-electron chi connectivity index (χ2n) is 7.45. The van der Waals surface area contributed by atoms with Gasteiger partial charge in [0, 0.05) is 12.6 Å². The molecule has 1 aromatic heterocycles. The number of aromatic nitrogens is 1. The number of hydrogen-bond donors (Lipinski definition) is 2. The molecule has 6 nitrogen and oxygen atoms in total. The van der Waals surface area contributed by atoms with Gasteiger partial charge < -0.3 is 16.0 Å². The Bertz CT molecular complexity index is 993. The minimum atomic E-state index is -4.99. The first kappa shape index (κ1) is 20.6. The maximum Gasteiger partial charge on any atom is 0.471 e. The highest BCUT2D eigenvalue weighted by Gasteiger charge is 2.49. The van der Waals surface area contributed by atoms with Gasteiger partial charge in [0.2, 0.25) is 0 Å². The van der Waals surface area contributed by atoms with Crippen LogP contribution in [0.25, 0.3) is 10.4 Å². The molecule has 30 heavy (non-hydrogen) atoms. The molecule has 3 unspecified atom stereocenters. The number of carbonyl (C=O) groups is 2. The summed E-state index contributed by atoms with van der Waals surface area (Å²) < 4.78 is 51.4. The Balaban J connectivity index is 1.61. The second kappa shape index (κ2) is 7.53. The van der Waals surface area contributed by atoms with E-state index in [1.165, 1.54) is 23.1 Å². The van der Waals surface area contributed by atoms with E-state index in [1.54, 1.807) is 6.07 Å². The fraction of sp³-hybridized carbons (Fsp3) is 0.421. The number of fused-ring (bicyclic) bond motifs is 2. The van der Waals surface area contributed by atoms with E-state index in [1.807, 2.05) is 5.32 Å². The van der Waals surface area contributed by atoms with Crippen LogP contribution in [0.5, 0.6) is 0 Å². The summed E-state index contributed by atoms with van der Waals surface area (Å²) >= 11 is 1.04. The summed E-state index contributed by atoms with van der Waals surface area (Å²) in [4.78, 5) is 30.7. The summed E-state index contributed by atoms with van der Waals surface area (Å²) in [6, 6.07) is 4.96. The van der Waals surface area contributed by atoms with Crippen molar-refractivity contribution in [3.8, 4) is 10.4 Å². The minimum absolute atomic E-state index is 0.00101. The van der Waals surface area contributed by atoms with Crippen molar-refractivity contribution in [3.63, 3.8) is 0 Å². The number of nitrogens with zero attached hydrogens (tertiary/aromatic N) is 2. The molecule has 0 radical (unpaired) electrons. The highest BCUT2D eigenvalue weighted by Crippen LogP contribution is 2.44. The van der Waals surface area contributed by atoms with Gasteiger partial charge >= 0.3 is 12.1 Å². The molecule has 4 rings (SSSR count). The molecule has 3 N–H and O–H groups in total. The van der Waals surface area contributed by atoms with Gasteiger partial charge in [-0.2, -0.15) is 13.2 Å². The third kappa shape index (κ3) is 3.73. The van der Waals surface area contributed by atoms with E-state index in [0.717, 1.165) is 24.2 Å². The van der Waals surface area contributed by atoms with E-state index in [0.29, 0.717) is 16.9 Å². The quantitative estimate of drug-likeness (QED) is 0.712. The lowest BCUT2D eigenvalue weighted by Crippen LogP contribution is -2.52. The molecule has 1 aliphatic carbocycles. The zero-order valence-corrected chi connectivity index (χ0v) is 16.4. The lowest BCUT2D eigenvalue weighted by molar-refractivity contribution is -0.173. The van der Waals surface area contributed by atoms with Crippen molar-refractivity contribution in [2.24, 2.45) is 5.92 Å². The van der Waals surface area contributed by atoms with Crippen molar-refractivity contribution in [2.75, 3.05) is 12.3 Å². The maximum atomic E-state index is 13.7. The van der Waals surface area contributed by atoms with Crippen LogP contribution < -0.4 is 11.1 Å². The van der Waals surface area contributed by atoms with Gasteiger partial charge in [0.05, 0.1) is 10.9 Å². The van der Waals surface area contributed by atoms with Crippen LogP contribution in [0.15, 0.2) is 24.3 Å². The number of anilines is 1. The number of hydrogen-bond acceptors (Lipinski definition) is 5. The molecule has 2 aliphatic rings. The number of benzene rings is 1. The fourth-order valence-electron chi connectivity index (χ4n) is 4.40. The van der Waals surface area contributed by atoms with E-state index in [-0.39, 0.29) is 29.3 Å². The van der Waals surface area contributed by atoms with Gasteiger partial charge in [-0.1, -0.05) is 23.5 Å². The summed E-state index contributed by atoms with van der Waals surface area (Å²) in [6.07, 6.45) is -2.82. The first-order chi connectivity index (χ1) is 14.1. The molecule has 1 aromatic carbocycles. The summed E-state index contributed by atoms with van der Waals surface area (Å²) in [7, 11) is 0. The minimum Gasteiger partial charge on any atom is -0.375 e. The Kier molecular flexibility index (Phi) is 5.16. The van der Waals surface area contributed by atoms with Crippen molar-refractivity contribution < 1.29 is 27.2 Å². The Morgan fingerprint density at radius 3 is 2.77 bits per heavy atom. The molecule has 1 aliphatic heterocycles. The van der Waals surface area contributed by atoms with Crippen molar-refractivity contribution in [1.29, 1.82) is 0 Å². The first-order valence-corrected chi connectivity index (χ1v) is 10.2. The van der Waals surface area contributed by atoms with E-state index in [4.69, 9.17) is 5.73 Å². The SMILES string of the molecule is Nc1nc(C(=O)N2C3CCC(C3)C2CNC(=O)C(F)(F)F)c(-c2cccc(F)c2)s1. The molecule has 2 bridgehead atoms. The molecular formula is C19H18F4N4O2S. The summed E-state index contributed by atoms with van der Waals surface area (Å²) in [5.41, 5.74) is 6.30. The average molecular weight is 442 g/mol. The van der Waals surface area contributed by atoms with E-state index in [9.17, 15) is 27.2 Å². The van der Waals surface area contributed by atoms with Crippen LogP contribution in [0, 0.1) is 11.7 Å². The number of rotatable bonds is 4. The van der Waals surface area contributed by atoms with Gasteiger partial charge in [0.25, 0.3) is 5.91 Å². The maximum absolute atomic E-state index is 13.7. The highest BCUT2D eigenvalue weighted by atomic mass is 32.1. The third-order valence-corrected chi connectivity index (χ3v) is 6.57. The Morgan fingerprint density at radius 1 is 1.30 bits per heavy atom. The van der Waals surface area contributed by atoms with Crippen LogP contribution in [0.1, 0.15) is 29.8 Å². The van der Waals surface area contributed by atoms with Crippen molar-refractivity contribution >= 4 is 28.3 Å². The van der Waals surface area contributed by atoms with Crippen LogP contribution in [0.2, 0.25) is 0 Å². The molecule has 2 heterocycles. The number of amides is 2. The molecule has 1 saturated heterocycles. The van der Waals surface area contributed by atoms with Gasteiger partial charge in [0.1, 0.15) is 11.5 Å². The molecule has 3 atom stereocenters. The third-order valence-electron chi connectivity index (χ3n) is 5.64. The van der Waals surface area contributed by atoms with Crippen LogP contribution in [-0.4, -0.2) is 46.5 Å². The zero-order chi connectivity index (χ0) is 21.6. The lowest BCUT2D eigenvalue weighted by Gasteiger charge is -2.35. The van der Waals surface area contributed by atoms with Crippen molar-refractivity contribution in [3.05, 3.63) is 35.8 Å².